The zero-order valence-electron chi connectivity index (χ0n) is 21.8. The normalized spacial score (nSPS) is 19.3. The van der Waals surface area contributed by atoms with Gasteiger partial charge in [-0.05, 0) is 73.6 Å². The lowest BCUT2D eigenvalue weighted by molar-refractivity contribution is 0.0693. The molecule has 1 amide bonds. The minimum Gasteiger partial charge on any atom is -0.478 e. The second kappa shape index (κ2) is 10.3. The molecule has 3 aromatic rings. The molecule has 5 N–H and O–H groups in total. The van der Waals surface area contributed by atoms with Crippen LogP contribution in [-0.2, 0) is 0 Å². The van der Waals surface area contributed by atoms with Gasteiger partial charge in [-0.3, -0.25) is 4.79 Å². The first-order valence-corrected chi connectivity index (χ1v) is 13.0. The van der Waals surface area contributed by atoms with Crippen molar-refractivity contribution < 1.29 is 14.7 Å². The predicted molar refractivity (Wildman–Crippen MR) is 146 cm³/mol. The number of carboxylic acids is 1. The van der Waals surface area contributed by atoms with E-state index < -0.39 is 5.97 Å². The Hall–Kier alpha value is -4.11. The maximum absolute atomic E-state index is 13.1. The fraction of sp³-hybridized carbons (Fsp3) is 0.345. The number of hydrazine groups is 1. The highest BCUT2D eigenvalue weighted by Crippen LogP contribution is 2.52. The number of hydrogen-bond donors (Lipinski definition) is 3. The summed E-state index contributed by atoms with van der Waals surface area (Å²) in [4.78, 5) is 27.1. The Morgan fingerprint density at radius 3 is 2.58 bits per heavy atom. The first-order valence-electron chi connectivity index (χ1n) is 13.0. The van der Waals surface area contributed by atoms with E-state index in [-0.39, 0.29) is 23.3 Å². The van der Waals surface area contributed by atoms with Gasteiger partial charge in [-0.2, -0.15) is 5.10 Å². The molecule has 1 aromatic heterocycles. The van der Waals surface area contributed by atoms with Gasteiger partial charge in [-0.1, -0.05) is 18.2 Å². The third-order valence-electron chi connectivity index (χ3n) is 7.35. The average molecular weight is 515 g/mol. The van der Waals surface area contributed by atoms with Crippen LogP contribution in [0.4, 0.5) is 0 Å². The molecule has 1 saturated heterocycles. The van der Waals surface area contributed by atoms with E-state index in [9.17, 15) is 14.7 Å². The molecule has 2 unspecified atom stereocenters. The van der Waals surface area contributed by atoms with Gasteiger partial charge in [0.25, 0.3) is 5.91 Å². The minimum atomic E-state index is -1.02. The number of carboxylic acid groups (broad SMARTS) is 1. The standard InChI is InChI=1S/C29H34N6O3/c1-18-11-21(19-7-6-8-20(13-19)28(36)34-9-4-3-5-10-34)14-22(12-18)35-27(25(16-32-35)29(37)38)24-15-23(24)26(30)17-33(2)31/h6-8,11-14,16-17,23-24H,3-5,9-10,15,30-31H2,1-2H3,(H,37,38)/b26-17-. The van der Waals surface area contributed by atoms with Gasteiger partial charge in [0.1, 0.15) is 5.56 Å². The number of nitrogens with two attached hydrogens (primary N) is 2. The van der Waals surface area contributed by atoms with Crippen LogP contribution >= 0.6 is 0 Å². The summed E-state index contributed by atoms with van der Waals surface area (Å²) in [6.45, 7) is 3.60. The smallest absolute Gasteiger partial charge is 0.339 e. The van der Waals surface area contributed by atoms with Crippen molar-refractivity contribution in [1.82, 2.24) is 19.7 Å². The molecule has 0 bridgehead atoms. The Morgan fingerprint density at radius 2 is 1.87 bits per heavy atom. The third kappa shape index (κ3) is 5.15. The molecule has 2 aliphatic rings. The van der Waals surface area contributed by atoms with Crippen molar-refractivity contribution in [1.29, 1.82) is 0 Å². The molecule has 1 saturated carbocycles. The Kier molecular flexibility index (Phi) is 6.94. The second-order valence-electron chi connectivity index (χ2n) is 10.4. The highest BCUT2D eigenvalue weighted by molar-refractivity contribution is 5.95. The first kappa shape index (κ1) is 25.5. The molecule has 5 rings (SSSR count). The lowest BCUT2D eigenvalue weighted by Crippen LogP contribution is -2.35. The van der Waals surface area contributed by atoms with Crippen LogP contribution in [0.5, 0.6) is 0 Å². The molecule has 2 heterocycles. The summed E-state index contributed by atoms with van der Waals surface area (Å²) in [7, 11) is 1.69. The summed E-state index contributed by atoms with van der Waals surface area (Å²) in [5.74, 6) is 4.69. The number of carbonyl (C=O) groups excluding carboxylic acids is 1. The van der Waals surface area contributed by atoms with E-state index in [0.29, 0.717) is 17.0 Å². The van der Waals surface area contributed by atoms with E-state index in [1.807, 2.05) is 48.2 Å². The number of aryl methyl sites for hydroxylation is 1. The molecule has 9 nitrogen and oxygen atoms in total. The van der Waals surface area contributed by atoms with Crippen molar-refractivity contribution >= 4 is 11.9 Å². The summed E-state index contributed by atoms with van der Waals surface area (Å²) >= 11 is 0. The highest BCUT2D eigenvalue weighted by Gasteiger charge is 2.45. The van der Waals surface area contributed by atoms with Gasteiger partial charge in [0, 0.05) is 49.4 Å². The Morgan fingerprint density at radius 1 is 1.11 bits per heavy atom. The monoisotopic (exact) mass is 514 g/mol. The summed E-state index contributed by atoms with van der Waals surface area (Å²) in [6, 6.07) is 13.7. The average Bonchev–Trinajstić information content (AvgIpc) is 3.57. The Bertz CT molecular complexity index is 1400. The molecule has 198 valence electrons. The van der Waals surface area contributed by atoms with Crippen molar-refractivity contribution in [2.45, 2.75) is 38.5 Å². The second-order valence-corrected chi connectivity index (χ2v) is 10.4. The number of benzene rings is 2. The number of carbonyl (C=O) groups is 2. The SMILES string of the molecule is Cc1cc(-c2cccc(C(=O)N3CCCCC3)c2)cc(-n2ncc(C(=O)O)c2C2CC2/C(N)=C/N(C)N)c1. The number of aromatic nitrogens is 2. The molecular formula is C29H34N6O3. The molecule has 0 spiro atoms. The van der Waals surface area contributed by atoms with Gasteiger partial charge in [-0.15, -0.1) is 0 Å². The van der Waals surface area contributed by atoms with Crippen molar-refractivity contribution in [3.05, 3.63) is 82.9 Å². The van der Waals surface area contributed by atoms with Gasteiger partial charge < -0.3 is 20.7 Å². The van der Waals surface area contributed by atoms with Crippen molar-refractivity contribution in [3.8, 4) is 16.8 Å². The lowest BCUT2D eigenvalue weighted by atomic mass is 9.99. The molecular weight excluding hydrogens is 480 g/mol. The minimum absolute atomic E-state index is 0.00342. The maximum atomic E-state index is 13.1. The number of piperidine rings is 1. The van der Waals surface area contributed by atoms with Gasteiger partial charge >= 0.3 is 5.97 Å². The first-order chi connectivity index (χ1) is 18.2. The van der Waals surface area contributed by atoms with Crippen molar-refractivity contribution in [2.75, 3.05) is 20.1 Å². The molecule has 1 aliphatic carbocycles. The summed E-state index contributed by atoms with van der Waals surface area (Å²) in [6.07, 6.45) is 7.05. The van der Waals surface area contributed by atoms with Crippen molar-refractivity contribution in [2.24, 2.45) is 17.5 Å². The zero-order valence-corrected chi connectivity index (χ0v) is 21.8. The number of nitrogens with zero attached hydrogens (tertiary/aromatic N) is 4. The van der Waals surface area contributed by atoms with E-state index in [0.717, 1.165) is 54.7 Å². The van der Waals surface area contributed by atoms with E-state index in [1.54, 1.807) is 17.9 Å². The molecule has 2 aromatic carbocycles. The van der Waals surface area contributed by atoms with E-state index in [2.05, 4.69) is 11.2 Å². The zero-order chi connectivity index (χ0) is 27.0. The third-order valence-corrected chi connectivity index (χ3v) is 7.35. The number of allylic oxidation sites excluding steroid dienone is 1. The predicted octanol–water partition coefficient (Wildman–Crippen LogP) is 3.88. The summed E-state index contributed by atoms with van der Waals surface area (Å²) < 4.78 is 1.72. The maximum Gasteiger partial charge on any atom is 0.339 e. The molecule has 9 heteroatoms. The number of hydrogen-bond acceptors (Lipinski definition) is 6. The van der Waals surface area contributed by atoms with E-state index in [1.165, 1.54) is 17.6 Å². The quantitative estimate of drug-likeness (QED) is 0.322. The van der Waals surface area contributed by atoms with Crippen LogP contribution < -0.4 is 11.6 Å². The Balaban J connectivity index is 1.50. The van der Waals surface area contributed by atoms with Gasteiger partial charge in [0.15, 0.2) is 0 Å². The van der Waals surface area contributed by atoms with Gasteiger partial charge in [-0.25, -0.2) is 15.3 Å². The molecule has 2 atom stereocenters. The van der Waals surface area contributed by atoms with Crippen LogP contribution in [0.1, 0.15) is 63.6 Å². The van der Waals surface area contributed by atoms with Crippen LogP contribution in [0.25, 0.3) is 16.8 Å². The fourth-order valence-electron chi connectivity index (χ4n) is 5.44. The number of aromatic carboxylic acids is 1. The topological polar surface area (TPSA) is 131 Å². The highest BCUT2D eigenvalue weighted by atomic mass is 16.4. The van der Waals surface area contributed by atoms with E-state index >= 15 is 0 Å². The van der Waals surface area contributed by atoms with Crippen molar-refractivity contribution in [3.63, 3.8) is 0 Å². The molecule has 1 aliphatic heterocycles. The molecule has 0 radical (unpaired) electrons. The lowest BCUT2D eigenvalue weighted by Gasteiger charge is -2.26. The summed E-state index contributed by atoms with van der Waals surface area (Å²) in [5.41, 5.74) is 11.9. The Labute approximate surface area is 222 Å². The largest absolute Gasteiger partial charge is 0.478 e. The van der Waals surface area contributed by atoms with Gasteiger partial charge in [0.05, 0.1) is 17.6 Å². The molecule has 38 heavy (non-hydrogen) atoms. The molecule has 2 fully saturated rings. The van der Waals surface area contributed by atoms with Crippen LogP contribution in [0.15, 0.2) is 60.6 Å². The summed E-state index contributed by atoms with van der Waals surface area (Å²) in [5, 5.41) is 15.8. The fourth-order valence-corrected chi connectivity index (χ4v) is 5.44. The van der Waals surface area contributed by atoms with E-state index in [4.69, 9.17) is 11.6 Å². The number of amides is 1. The number of rotatable bonds is 7. The van der Waals surface area contributed by atoms with Crippen LogP contribution in [0, 0.1) is 12.8 Å². The van der Waals surface area contributed by atoms with Crippen LogP contribution in [0.2, 0.25) is 0 Å². The van der Waals surface area contributed by atoms with Crippen LogP contribution in [0.3, 0.4) is 0 Å². The number of likely N-dealkylation sites (tertiary alicyclic amines) is 1. The van der Waals surface area contributed by atoms with Gasteiger partial charge in [0.2, 0.25) is 0 Å². The van der Waals surface area contributed by atoms with Crippen LogP contribution in [-0.4, -0.2) is 56.8 Å².